The van der Waals surface area contributed by atoms with E-state index >= 15 is 0 Å². The van der Waals surface area contributed by atoms with Gasteiger partial charge in [-0.15, -0.1) is 11.3 Å². The maximum Gasteiger partial charge on any atom is 0.257 e. The fourth-order valence-electron chi connectivity index (χ4n) is 3.49. The van der Waals surface area contributed by atoms with Crippen LogP contribution < -0.4 is 10.2 Å². The van der Waals surface area contributed by atoms with Gasteiger partial charge >= 0.3 is 0 Å². The molecule has 6 heteroatoms. The summed E-state index contributed by atoms with van der Waals surface area (Å²) in [6.45, 7) is 4.01. The van der Waals surface area contributed by atoms with Crippen LogP contribution in [0.1, 0.15) is 41.0 Å². The summed E-state index contributed by atoms with van der Waals surface area (Å²) in [7, 11) is 0. The number of hydrogen-bond acceptors (Lipinski definition) is 2. The Kier molecular flexibility index (Phi) is 5.26. The van der Waals surface area contributed by atoms with Gasteiger partial charge in [0.05, 0.1) is 24.0 Å². The lowest BCUT2D eigenvalue weighted by atomic mass is 10.1. The third-order valence-corrected chi connectivity index (χ3v) is 5.54. The van der Waals surface area contributed by atoms with E-state index in [0.717, 1.165) is 25.2 Å². The van der Waals surface area contributed by atoms with Gasteiger partial charge in [0, 0.05) is 12.8 Å². The van der Waals surface area contributed by atoms with Crippen molar-refractivity contribution in [2.24, 2.45) is 0 Å². The van der Waals surface area contributed by atoms with Gasteiger partial charge in [-0.25, -0.2) is 8.78 Å². The highest BCUT2D eigenvalue weighted by molar-refractivity contribution is 7.10. The van der Waals surface area contributed by atoms with Crippen molar-refractivity contribution in [3.63, 3.8) is 0 Å². The molecular formula is C18H21F2N2OS+. The Morgan fingerprint density at radius 2 is 1.83 bits per heavy atom. The molecule has 1 aromatic carbocycles. The zero-order valence-corrected chi connectivity index (χ0v) is 14.3. The van der Waals surface area contributed by atoms with Crippen LogP contribution >= 0.6 is 11.3 Å². The van der Waals surface area contributed by atoms with Crippen molar-refractivity contribution >= 4 is 17.2 Å². The molecule has 2 heterocycles. The summed E-state index contributed by atoms with van der Waals surface area (Å²) >= 11 is 1.66. The van der Waals surface area contributed by atoms with Crippen LogP contribution in [-0.4, -0.2) is 25.0 Å². The van der Waals surface area contributed by atoms with E-state index in [1.54, 1.807) is 11.3 Å². The van der Waals surface area contributed by atoms with Crippen LogP contribution in [0.15, 0.2) is 35.7 Å². The lowest BCUT2D eigenvalue weighted by Gasteiger charge is -2.29. The summed E-state index contributed by atoms with van der Waals surface area (Å²) in [4.78, 5) is 15.0. The van der Waals surface area contributed by atoms with Crippen LogP contribution in [0.25, 0.3) is 0 Å². The fourth-order valence-corrected chi connectivity index (χ4v) is 4.48. The summed E-state index contributed by atoms with van der Waals surface area (Å²) in [6.07, 6.45) is 2.33. The number of amides is 1. The number of thiophene rings is 1. The molecule has 0 bridgehead atoms. The smallest absolute Gasteiger partial charge is 0.257 e. The van der Waals surface area contributed by atoms with Gasteiger partial charge in [-0.2, -0.15) is 0 Å². The number of nitrogens with one attached hydrogen (secondary N) is 2. The van der Waals surface area contributed by atoms with E-state index in [-0.39, 0.29) is 12.1 Å². The minimum absolute atomic E-state index is 0.103. The first-order chi connectivity index (χ1) is 11.6. The monoisotopic (exact) mass is 351 g/mol. The summed E-state index contributed by atoms with van der Waals surface area (Å²) < 4.78 is 27.6. The molecule has 0 unspecified atom stereocenters. The molecule has 0 spiro atoms. The van der Waals surface area contributed by atoms with Gasteiger partial charge in [-0.05, 0) is 30.5 Å². The minimum Gasteiger partial charge on any atom is -0.343 e. The molecule has 1 aliphatic heterocycles. The number of hydrogen-bond donors (Lipinski definition) is 2. The average molecular weight is 351 g/mol. The normalized spacial score (nSPS) is 17.6. The maximum atomic E-state index is 13.8. The fraction of sp³-hybridized carbons (Fsp3) is 0.389. The number of benzene rings is 1. The summed E-state index contributed by atoms with van der Waals surface area (Å²) in [6, 6.07) is 7.40. The Labute approximate surface area is 144 Å². The largest absolute Gasteiger partial charge is 0.343 e. The van der Waals surface area contributed by atoms with E-state index in [2.05, 4.69) is 11.4 Å². The zero-order chi connectivity index (χ0) is 17.1. The molecule has 0 aliphatic carbocycles. The Balaban J connectivity index is 1.80. The number of carbonyl (C=O) groups excluding carboxylic acids is 1. The Morgan fingerprint density at radius 1 is 1.17 bits per heavy atom. The van der Waals surface area contributed by atoms with Gasteiger partial charge in [0.25, 0.3) is 5.91 Å². The van der Waals surface area contributed by atoms with Crippen molar-refractivity contribution in [2.75, 3.05) is 13.1 Å². The van der Waals surface area contributed by atoms with Crippen LogP contribution in [0, 0.1) is 11.6 Å². The molecule has 2 aromatic rings. The van der Waals surface area contributed by atoms with Crippen LogP contribution in [0.3, 0.4) is 0 Å². The average Bonchev–Trinajstić information content (AvgIpc) is 3.21. The number of quaternary nitrogens is 1. The van der Waals surface area contributed by atoms with Gasteiger partial charge < -0.3 is 10.2 Å². The second-order valence-corrected chi connectivity index (χ2v) is 7.20. The molecule has 1 saturated heterocycles. The molecule has 1 aromatic heterocycles. The van der Waals surface area contributed by atoms with Crippen LogP contribution in [0.5, 0.6) is 0 Å². The minimum atomic E-state index is -0.833. The van der Waals surface area contributed by atoms with E-state index in [1.807, 2.05) is 18.4 Å². The second-order valence-electron chi connectivity index (χ2n) is 6.22. The topological polar surface area (TPSA) is 33.5 Å². The first-order valence-electron chi connectivity index (χ1n) is 8.21. The standard InChI is InChI=1S/C18H20F2N2OS/c1-12(21-18(23)16-13(19)6-4-7-14(16)20)17(15-8-5-11-24-15)22-9-2-3-10-22/h4-8,11-12,17H,2-3,9-10H2,1H3,(H,21,23)/p+1/t12-,17+/m1/s1. The van der Waals surface area contributed by atoms with Crippen molar-refractivity contribution in [1.29, 1.82) is 0 Å². The number of halogens is 2. The Hall–Kier alpha value is -1.79. The van der Waals surface area contributed by atoms with Crippen molar-refractivity contribution in [3.05, 3.63) is 57.8 Å². The van der Waals surface area contributed by atoms with Crippen molar-refractivity contribution in [1.82, 2.24) is 5.32 Å². The van der Waals surface area contributed by atoms with Gasteiger partial charge in [0.2, 0.25) is 0 Å². The SMILES string of the molecule is C[C@@H](NC(=O)c1c(F)cccc1F)[C@@H](c1cccs1)[NH+]1CCCC1. The number of carbonyl (C=O) groups is 1. The lowest BCUT2D eigenvalue weighted by molar-refractivity contribution is -0.920. The summed E-state index contributed by atoms with van der Waals surface area (Å²) in [5.74, 6) is -2.36. The quantitative estimate of drug-likeness (QED) is 0.853. The maximum absolute atomic E-state index is 13.8. The highest BCUT2D eigenvalue weighted by Crippen LogP contribution is 2.21. The third-order valence-electron chi connectivity index (χ3n) is 4.58. The predicted octanol–water partition coefficient (Wildman–Crippen LogP) is 2.56. The highest BCUT2D eigenvalue weighted by atomic mass is 32.1. The van der Waals surface area contributed by atoms with E-state index in [0.29, 0.717) is 0 Å². The first-order valence-corrected chi connectivity index (χ1v) is 9.08. The van der Waals surface area contributed by atoms with Crippen molar-refractivity contribution < 1.29 is 18.5 Å². The summed E-state index contributed by atoms with van der Waals surface area (Å²) in [5.41, 5.74) is -0.509. The molecule has 1 fully saturated rings. The van der Waals surface area contributed by atoms with E-state index in [4.69, 9.17) is 0 Å². The molecule has 0 saturated carbocycles. The zero-order valence-electron chi connectivity index (χ0n) is 13.5. The molecule has 24 heavy (non-hydrogen) atoms. The molecule has 1 aliphatic rings. The predicted molar refractivity (Wildman–Crippen MR) is 90.3 cm³/mol. The van der Waals surface area contributed by atoms with Crippen LogP contribution in [-0.2, 0) is 0 Å². The van der Waals surface area contributed by atoms with Crippen molar-refractivity contribution in [2.45, 2.75) is 31.8 Å². The lowest BCUT2D eigenvalue weighted by Crippen LogP contribution is -3.11. The third kappa shape index (κ3) is 3.49. The molecule has 1 amide bonds. The van der Waals surface area contributed by atoms with Gasteiger partial charge in [0.15, 0.2) is 0 Å². The van der Waals surface area contributed by atoms with E-state index < -0.39 is 23.1 Å². The summed E-state index contributed by atoms with van der Waals surface area (Å²) in [5, 5.41) is 4.83. The Bertz CT molecular complexity index is 679. The molecule has 2 N–H and O–H groups in total. The molecule has 3 rings (SSSR count). The van der Waals surface area contributed by atoms with Gasteiger partial charge in [0.1, 0.15) is 23.2 Å². The molecule has 3 nitrogen and oxygen atoms in total. The van der Waals surface area contributed by atoms with Gasteiger partial charge in [-0.1, -0.05) is 12.1 Å². The molecular weight excluding hydrogens is 330 g/mol. The van der Waals surface area contributed by atoms with Gasteiger partial charge in [-0.3, -0.25) is 4.79 Å². The Morgan fingerprint density at radius 3 is 2.42 bits per heavy atom. The second kappa shape index (κ2) is 7.40. The van der Waals surface area contributed by atoms with Crippen LogP contribution in [0.2, 0.25) is 0 Å². The van der Waals surface area contributed by atoms with Crippen molar-refractivity contribution in [3.8, 4) is 0 Å². The molecule has 128 valence electrons. The van der Waals surface area contributed by atoms with E-state index in [1.165, 1.54) is 28.7 Å². The van der Waals surface area contributed by atoms with E-state index in [9.17, 15) is 13.6 Å². The number of likely N-dealkylation sites (tertiary alicyclic amines) is 1. The highest BCUT2D eigenvalue weighted by Gasteiger charge is 2.34. The van der Waals surface area contributed by atoms with Crippen LogP contribution in [0.4, 0.5) is 8.78 Å². The first kappa shape index (κ1) is 17.0. The molecule has 0 radical (unpaired) electrons. The number of rotatable bonds is 5. The molecule has 2 atom stereocenters.